The highest BCUT2D eigenvalue weighted by atomic mass is 16.5. The maximum atomic E-state index is 10.5. The Hall–Kier alpha value is -2.11. The van der Waals surface area contributed by atoms with E-state index in [1.807, 2.05) is 19.1 Å². The van der Waals surface area contributed by atoms with Crippen LogP contribution in [0.15, 0.2) is 18.2 Å². The average Bonchev–Trinajstić information content (AvgIpc) is 2.34. The van der Waals surface area contributed by atoms with Crippen LogP contribution in [0.5, 0.6) is 5.75 Å². The Kier molecular flexibility index (Phi) is 5.63. The van der Waals surface area contributed by atoms with Crippen molar-refractivity contribution < 1.29 is 9.53 Å². The predicted molar refractivity (Wildman–Crippen MR) is 72.7 cm³/mol. The van der Waals surface area contributed by atoms with Crippen molar-refractivity contribution in [3.63, 3.8) is 0 Å². The summed E-state index contributed by atoms with van der Waals surface area (Å²) in [5, 5.41) is 5.63. The summed E-state index contributed by atoms with van der Waals surface area (Å²) in [5.41, 5.74) is 12.3. The molecule has 0 aliphatic carbocycles. The van der Waals surface area contributed by atoms with E-state index in [9.17, 15) is 4.79 Å². The van der Waals surface area contributed by atoms with Gasteiger partial charge in [-0.15, -0.1) is 0 Å². The zero-order valence-corrected chi connectivity index (χ0v) is 10.5. The van der Waals surface area contributed by atoms with E-state index in [2.05, 4.69) is 10.6 Å². The Morgan fingerprint density at radius 1 is 1.39 bits per heavy atom. The molecule has 0 aromatic heterocycles. The van der Waals surface area contributed by atoms with Gasteiger partial charge in [0, 0.05) is 24.8 Å². The molecule has 0 fully saturated rings. The number of urea groups is 1. The Morgan fingerprint density at radius 3 is 2.83 bits per heavy atom. The van der Waals surface area contributed by atoms with E-state index < -0.39 is 6.03 Å². The largest absolute Gasteiger partial charge is 0.491 e. The lowest BCUT2D eigenvalue weighted by atomic mass is 10.2. The SMILES string of the molecule is CCCOc1cc(NCCNC(N)=O)ccc1N. The molecule has 18 heavy (non-hydrogen) atoms. The van der Waals surface area contributed by atoms with Crippen LogP contribution < -0.4 is 26.8 Å². The van der Waals surface area contributed by atoms with Crippen molar-refractivity contribution in [2.75, 3.05) is 30.7 Å². The third kappa shape index (κ3) is 4.82. The van der Waals surface area contributed by atoms with Gasteiger partial charge in [0.1, 0.15) is 5.75 Å². The summed E-state index contributed by atoms with van der Waals surface area (Å²) in [6, 6.07) is 4.96. The molecule has 0 spiro atoms. The number of hydrogen-bond acceptors (Lipinski definition) is 4. The van der Waals surface area contributed by atoms with Gasteiger partial charge in [0.25, 0.3) is 0 Å². The van der Waals surface area contributed by atoms with Crippen LogP contribution in [0, 0.1) is 0 Å². The van der Waals surface area contributed by atoms with Crippen molar-refractivity contribution in [2.24, 2.45) is 5.73 Å². The van der Waals surface area contributed by atoms with Crippen molar-refractivity contribution in [3.05, 3.63) is 18.2 Å². The number of amides is 2. The number of nitrogen functional groups attached to an aromatic ring is 1. The van der Waals surface area contributed by atoms with E-state index in [-0.39, 0.29) is 0 Å². The van der Waals surface area contributed by atoms with Gasteiger partial charge in [0.2, 0.25) is 0 Å². The van der Waals surface area contributed by atoms with Gasteiger partial charge in [-0.3, -0.25) is 0 Å². The van der Waals surface area contributed by atoms with Crippen LogP contribution >= 0.6 is 0 Å². The number of primary amides is 1. The molecule has 0 unspecified atom stereocenters. The van der Waals surface area contributed by atoms with Gasteiger partial charge in [-0.2, -0.15) is 0 Å². The van der Waals surface area contributed by atoms with Crippen molar-refractivity contribution in [3.8, 4) is 5.75 Å². The molecule has 1 rings (SSSR count). The fraction of sp³-hybridized carbons (Fsp3) is 0.417. The first-order valence-corrected chi connectivity index (χ1v) is 5.93. The minimum atomic E-state index is -0.527. The molecule has 1 aromatic carbocycles. The van der Waals surface area contributed by atoms with Crippen LogP contribution in [0.4, 0.5) is 16.2 Å². The monoisotopic (exact) mass is 252 g/mol. The number of carbonyl (C=O) groups is 1. The lowest BCUT2D eigenvalue weighted by Gasteiger charge is -2.11. The van der Waals surface area contributed by atoms with E-state index in [0.717, 1.165) is 12.1 Å². The molecule has 0 aliphatic rings. The molecule has 0 aliphatic heterocycles. The Labute approximate surface area is 107 Å². The number of ether oxygens (including phenoxy) is 1. The molecule has 100 valence electrons. The number of hydrogen-bond donors (Lipinski definition) is 4. The highest BCUT2D eigenvalue weighted by Gasteiger charge is 2.02. The molecule has 0 radical (unpaired) electrons. The second kappa shape index (κ2) is 7.26. The second-order valence-electron chi connectivity index (χ2n) is 3.82. The maximum absolute atomic E-state index is 10.5. The smallest absolute Gasteiger partial charge is 0.312 e. The molecular weight excluding hydrogens is 232 g/mol. The summed E-state index contributed by atoms with van der Waals surface area (Å²) < 4.78 is 5.52. The third-order valence-electron chi connectivity index (χ3n) is 2.23. The minimum Gasteiger partial charge on any atom is -0.491 e. The first-order chi connectivity index (χ1) is 8.63. The number of carbonyl (C=O) groups excluding carboxylic acids is 1. The number of benzene rings is 1. The van der Waals surface area contributed by atoms with Crippen molar-refractivity contribution in [2.45, 2.75) is 13.3 Å². The van der Waals surface area contributed by atoms with Crippen LogP contribution in [0.25, 0.3) is 0 Å². The summed E-state index contributed by atoms with van der Waals surface area (Å²) >= 11 is 0. The summed E-state index contributed by atoms with van der Waals surface area (Å²) in [5.74, 6) is 0.671. The van der Waals surface area contributed by atoms with E-state index in [4.69, 9.17) is 16.2 Å². The van der Waals surface area contributed by atoms with Crippen LogP contribution in [0.3, 0.4) is 0 Å². The van der Waals surface area contributed by atoms with Gasteiger partial charge in [0.15, 0.2) is 0 Å². The quantitative estimate of drug-likeness (QED) is 0.431. The van der Waals surface area contributed by atoms with Crippen LogP contribution in [-0.2, 0) is 0 Å². The number of rotatable bonds is 7. The highest BCUT2D eigenvalue weighted by Crippen LogP contribution is 2.25. The minimum absolute atomic E-state index is 0.463. The molecule has 6 nitrogen and oxygen atoms in total. The van der Waals surface area contributed by atoms with Crippen molar-refractivity contribution in [1.29, 1.82) is 0 Å². The molecule has 0 atom stereocenters. The van der Waals surface area contributed by atoms with Gasteiger partial charge in [-0.05, 0) is 18.6 Å². The van der Waals surface area contributed by atoms with Crippen molar-refractivity contribution in [1.82, 2.24) is 5.32 Å². The van der Waals surface area contributed by atoms with E-state index >= 15 is 0 Å². The summed E-state index contributed by atoms with van der Waals surface area (Å²) in [6.45, 7) is 3.72. The average molecular weight is 252 g/mol. The highest BCUT2D eigenvalue weighted by molar-refractivity contribution is 5.71. The van der Waals surface area contributed by atoms with Gasteiger partial charge in [-0.25, -0.2) is 4.79 Å². The Bertz CT molecular complexity index is 396. The number of nitrogens with one attached hydrogen (secondary N) is 2. The van der Waals surface area contributed by atoms with Crippen LogP contribution in [0.1, 0.15) is 13.3 Å². The Balaban J connectivity index is 2.48. The molecule has 1 aromatic rings. The predicted octanol–water partition coefficient (Wildman–Crippen LogP) is 1.14. The number of nitrogens with two attached hydrogens (primary N) is 2. The van der Waals surface area contributed by atoms with Gasteiger partial charge in [-0.1, -0.05) is 6.92 Å². The summed E-state index contributed by atoms with van der Waals surface area (Å²) in [4.78, 5) is 10.5. The molecule has 0 saturated carbocycles. The molecule has 6 N–H and O–H groups in total. The molecule has 0 bridgehead atoms. The van der Waals surface area contributed by atoms with Gasteiger partial charge < -0.3 is 26.8 Å². The fourth-order valence-corrected chi connectivity index (χ4v) is 1.37. The lowest BCUT2D eigenvalue weighted by molar-refractivity contribution is 0.249. The molecule has 0 saturated heterocycles. The van der Waals surface area contributed by atoms with Gasteiger partial charge >= 0.3 is 6.03 Å². The molecule has 6 heteroatoms. The fourth-order valence-electron chi connectivity index (χ4n) is 1.37. The number of anilines is 2. The van der Waals surface area contributed by atoms with Gasteiger partial charge in [0.05, 0.1) is 12.3 Å². The molecular formula is C12H20N4O2. The standard InChI is InChI=1S/C12H20N4O2/c1-2-7-18-11-8-9(3-4-10(11)13)15-5-6-16-12(14)17/h3-4,8,15H,2,5-7,13H2,1H3,(H3,14,16,17). The molecule has 0 heterocycles. The molecule has 2 amide bonds. The first-order valence-electron chi connectivity index (χ1n) is 5.93. The van der Waals surface area contributed by atoms with E-state index in [1.165, 1.54) is 0 Å². The summed E-state index contributed by atoms with van der Waals surface area (Å²) in [6.07, 6.45) is 0.930. The first kappa shape index (κ1) is 14.0. The maximum Gasteiger partial charge on any atom is 0.312 e. The zero-order valence-electron chi connectivity index (χ0n) is 10.5. The van der Waals surface area contributed by atoms with E-state index in [0.29, 0.717) is 31.1 Å². The zero-order chi connectivity index (χ0) is 13.4. The van der Waals surface area contributed by atoms with Crippen molar-refractivity contribution >= 4 is 17.4 Å². The normalized spacial score (nSPS) is 9.83. The second-order valence-corrected chi connectivity index (χ2v) is 3.82. The lowest BCUT2D eigenvalue weighted by Crippen LogP contribution is -2.33. The summed E-state index contributed by atoms with van der Waals surface area (Å²) in [7, 11) is 0. The van der Waals surface area contributed by atoms with E-state index in [1.54, 1.807) is 6.07 Å². The Morgan fingerprint density at radius 2 is 2.17 bits per heavy atom. The topological polar surface area (TPSA) is 102 Å². The third-order valence-corrected chi connectivity index (χ3v) is 2.23. The van der Waals surface area contributed by atoms with Crippen LogP contribution in [0.2, 0.25) is 0 Å². The van der Waals surface area contributed by atoms with Crippen LogP contribution in [-0.4, -0.2) is 25.7 Å².